The van der Waals surface area contributed by atoms with E-state index >= 15 is 0 Å². The molecule has 3 fully saturated rings. The lowest BCUT2D eigenvalue weighted by Crippen LogP contribution is -2.52. The van der Waals surface area contributed by atoms with E-state index in [-0.39, 0.29) is 0 Å². The second kappa shape index (κ2) is 6.97. The van der Waals surface area contributed by atoms with Gasteiger partial charge in [-0.1, -0.05) is 19.8 Å². The summed E-state index contributed by atoms with van der Waals surface area (Å²) in [5.74, 6) is 2.00. The van der Waals surface area contributed by atoms with Crippen LogP contribution in [-0.2, 0) is 0 Å². The van der Waals surface area contributed by atoms with Gasteiger partial charge in [-0.2, -0.15) is 0 Å². The first-order valence-electron chi connectivity index (χ1n) is 9.28. The lowest BCUT2D eigenvalue weighted by Gasteiger charge is -2.45. The second-order valence-electron chi connectivity index (χ2n) is 8.23. The minimum atomic E-state index is 0.555. The Morgan fingerprint density at radius 3 is 2.14 bits per heavy atom. The van der Waals surface area contributed by atoms with Crippen molar-refractivity contribution in [2.24, 2.45) is 17.3 Å². The Morgan fingerprint density at radius 1 is 0.952 bits per heavy atom. The number of nitrogens with one attached hydrogen (secondary N) is 1. The molecule has 0 aromatic rings. The zero-order chi connectivity index (χ0) is 14.7. The third-order valence-corrected chi connectivity index (χ3v) is 6.12. The normalized spacial score (nSPS) is 36.0. The fourth-order valence-corrected chi connectivity index (χ4v) is 4.41. The third-order valence-electron chi connectivity index (χ3n) is 6.12. The van der Waals surface area contributed by atoms with Crippen LogP contribution in [0.4, 0.5) is 0 Å². The maximum absolute atomic E-state index is 3.49. The summed E-state index contributed by atoms with van der Waals surface area (Å²) in [7, 11) is 2.13. The number of hydrogen-bond acceptors (Lipinski definition) is 3. The molecule has 0 radical (unpaired) electrons. The summed E-state index contributed by atoms with van der Waals surface area (Å²) in [6.07, 6.45) is 8.70. The van der Waals surface area contributed by atoms with Crippen LogP contribution >= 0.6 is 0 Å². The molecule has 0 amide bonds. The first kappa shape index (κ1) is 15.8. The summed E-state index contributed by atoms with van der Waals surface area (Å²) in [6.45, 7) is 11.6. The Hall–Kier alpha value is -0.120. The molecule has 1 N–H and O–H groups in total. The Balaban J connectivity index is 1.47. The van der Waals surface area contributed by atoms with Gasteiger partial charge >= 0.3 is 0 Å². The van der Waals surface area contributed by atoms with Crippen molar-refractivity contribution >= 4 is 0 Å². The highest BCUT2D eigenvalue weighted by Gasteiger charge is 2.36. The molecule has 0 spiro atoms. The highest BCUT2D eigenvalue weighted by Crippen LogP contribution is 2.39. The molecule has 21 heavy (non-hydrogen) atoms. The van der Waals surface area contributed by atoms with Gasteiger partial charge in [0, 0.05) is 45.8 Å². The first-order valence-corrected chi connectivity index (χ1v) is 9.28. The van der Waals surface area contributed by atoms with Crippen LogP contribution in [0.15, 0.2) is 0 Å². The molecule has 1 heterocycles. The molecular formula is C18H35N3. The van der Waals surface area contributed by atoms with E-state index in [1.807, 2.05) is 0 Å². The molecular weight excluding hydrogens is 258 g/mol. The lowest BCUT2D eigenvalue weighted by molar-refractivity contribution is 0.0532. The maximum Gasteiger partial charge on any atom is 0.0110 e. The van der Waals surface area contributed by atoms with Crippen molar-refractivity contribution in [1.29, 1.82) is 0 Å². The summed E-state index contributed by atoms with van der Waals surface area (Å²) in [5.41, 5.74) is 0.555. The van der Waals surface area contributed by atoms with Crippen LogP contribution in [0.5, 0.6) is 0 Å². The fraction of sp³-hybridized carbons (Fsp3) is 1.00. The van der Waals surface area contributed by atoms with Crippen LogP contribution < -0.4 is 5.32 Å². The smallest absolute Gasteiger partial charge is 0.0110 e. The summed E-state index contributed by atoms with van der Waals surface area (Å²) in [6, 6.07) is 0. The van der Waals surface area contributed by atoms with Gasteiger partial charge in [-0.3, -0.25) is 0 Å². The standard InChI is InChI=1S/C18H35N3/c1-16-5-7-18(8-6-16,14-19-2)15-21-11-9-20(10-12-21)13-17-3-4-17/h16-17,19H,3-15H2,1-2H3. The molecule has 1 aliphatic heterocycles. The van der Waals surface area contributed by atoms with Gasteiger partial charge in [0.2, 0.25) is 0 Å². The Kier molecular flexibility index (Phi) is 5.23. The predicted molar refractivity (Wildman–Crippen MR) is 89.6 cm³/mol. The molecule has 0 unspecified atom stereocenters. The van der Waals surface area contributed by atoms with Crippen LogP contribution in [0.1, 0.15) is 45.4 Å². The van der Waals surface area contributed by atoms with E-state index in [2.05, 4.69) is 29.1 Å². The molecule has 0 aromatic carbocycles. The van der Waals surface area contributed by atoms with E-state index in [1.165, 1.54) is 84.3 Å². The molecule has 122 valence electrons. The van der Waals surface area contributed by atoms with Crippen molar-refractivity contribution < 1.29 is 0 Å². The van der Waals surface area contributed by atoms with Gasteiger partial charge in [-0.25, -0.2) is 0 Å². The molecule has 1 saturated heterocycles. The van der Waals surface area contributed by atoms with Crippen molar-refractivity contribution in [3.63, 3.8) is 0 Å². The molecule has 0 bridgehead atoms. The third kappa shape index (κ3) is 4.43. The van der Waals surface area contributed by atoms with Gasteiger partial charge in [0.25, 0.3) is 0 Å². The van der Waals surface area contributed by atoms with Crippen LogP contribution in [0.3, 0.4) is 0 Å². The summed E-state index contributed by atoms with van der Waals surface area (Å²) >= 11 is 0. The monoisotopic (exact) mass is 293 g/mol. The van der Waals surface area contributed by atoms with Crippen LogP contribution in [0.2, 0.25) is 0 Å². The van der Waals surface area contributed by atoms with Crippen molar-refractivity contribution in [1.82, 2.24) is 15.1 Å². The average Bonchev–Trinajstić information content (AvgIpc) is 3.29. The Labute approximate surface area is 131 Å². The number of piperazine rings is 1. The zero-order valence-corrected chi connectivity index (χ0v) is 14.2. The van der Waals surface area contributed by atoms with Gasteiger partial charge < -0.3 is 15.1 Å². The van der Waals surface area contributed by atoms with E-state index < -0.39 is 0 Å². The van der Waals surface area contributed by atoms with E-state index in [1.54, 1.807) is 0 Å². The largest absolute Gasteiger partial charge is 0.319 e. The lowest BCUT2D eigenvalue weighted by atomic mass is 9.70. The number of hydrogen-bond donors (Lipinski definition) is 1. The van der Waals surface area contributed by atoms with Crippen molar-refractivity contribution in [2.75, 3.05) is 52.9 Å². The van der Waals surface area contributed by atoms with Crippen LogP contribution in [0.25, 0.3) is 0 Å². The SMILES string of the molecule is CNCC1(CN2CCN(CC3CC3)CC2)CCC(C)CC1. The van der Waals surface area contributed by atoms with Gasteiger partial charge in [0.15, 0.2) is 0 Å². The number of rotatable bonds is 6. The first-order chi connectivity index (χ1) is 10.2. The summed E-state index contributed by atoms with van der Waals surface area (Å²) in [5, 5.41) is 3.49. The highest BCUT2D eigenvalue weighted by molar-refractivity contribution is 4.90. The summed E-state index contributed by atoms with van der Waals surface area (Å²) in [4.78, 5) is 5.47. The minimum absolute atomic E-state index is 0.555. The van der Waals surface area contributed by atoms with E-state index in [4.69, 9.17) is 0 Å². The molecule has 2 aliphatic carbocycles. The fourth-order valence-electron chi connectivity index (χ4n) is 4.41. The van der Waals surface area contributed by atoms with Crippen molar-refractivity contribution in [3.8, 4) is 0 Å². The van der Waals surface area contributed by atoms with Gasteiger partial charge in [-0.05, 0) is 50.0 Å². The van der Waals surface area contributed by atoms with Crippen LogP contribution in [0, 0.1) is 17.3 Å². The van der Waals surface area contributed by atoms with Crippen molar-refractivity contribution in [2.45, 2.75) is 45.4 Å². The molecule has 3 heteroatoms. The van der Waals surface area contributed by atoms with E-state index in [0.717, 1.165) is 11.8 Å². The molecule has 3 nitrogen and oxygen atoms in total. The maximum atomic E-state index is 3.49. The number of nitrogens with zero attached hydrogens (tertiary/aromatic N) is 2. The molecule has 3 rings (SSSR count). The van der Waals surface area contributed by atoms with Crippen molar-refractivity contribution in [3.05, 3.63) is 0 Å². The quantitative estimate of drug-likeness (QED) is 0.811. The van der Waals surface area contributed by atoms with Gasteiger partial charge in [-0.15, -0.1) is 0 Å². The second-order valence-corrected chi connectivity index (χ2v) is 8.23. The van der Waals surface area contributed by atoms with Gasteiger partial charge in [0.1, 0.15) is 0 Å². The highest BCUT2D eigenvalue weighted by atomic mass is 15.3. The predicted octanol–water partition coefficient (Wildman–Crippen LogP) is 2.43. The van der Waals surface area contributed by atoms with E-state index in [0.29, 0.717) is 5.41 Å². The van der Waals surface area contributed by atoms with Gasteiger partial charge in [0.05, 0.1) is 0 Å². The minimum Gasteiger partial charge on any atom is -0.319 e. The molecule has 0 atom stereocenters. The Bertz CT molecular complexity index is 310. The average molecular weight is 293 g/mol. The summed E-state index contributed by atoms with van der Waals surface area (Å²) < 4.78 is 0. The molecule has 2 saturated carbocycles. The Morgan fingerprint density at radius 2 is 1.57 bits per heavy atom. The molecule has 3 aliphatic rings. The van der Waals surface area contributed by atoms with Crippen LogP contribution in [-0.4, -0.2) is 62.7 Å². The zero-order valence-electron chi connectivity index (χ0n) is 14.2. The molecule has 0 aromatic heterocycles. The van der Waals surface area contributed by atoms with E-state index in [9.17, 15) is 0 Å². The topological polar surface area (TPSA) is 18.5 Å².